The molecule has 0 radical (unpaired) electrons. The van der Waals surface area contributed by atoms with Crippen LogP contribution in [-0.4, -0.2) is 47.6 Å². The van der Waals surface area contributed by atoms with Gasteiger partial charge in [-0.05, 0) is 42.4 Å². The monoisotopic (exact) mass is 452 g/mol. The van der Waals surface area contributed by atoms with Gasteiger partial charge in [0.2, 0.25) is 5.91 Å². The SMILES string of the molecule is CC.CCSC.O=C(NC1(C(=O)NCCO)CCCCC1)c1cc2ccccc2s1. The molecule has 2 aromatic rings. The molecular weight excluding hydrogens is 416 g/mol. The number of aliphatic hydroxyl groups excluding tert-OH is 1. The van der Waals surface area contributed by atoms with Crippen molar-refractivity contribution in [3.8, 4) is 0 Å². The highest BCUT2D eigenvalue weighted by molar-refractivity contribution is 7.98. The quantitative estimate of drug-likeness (QED) is 0.586. The van der Waals surface area contributed by atoms with Crippen LogP contribution in [0.4, 0.5) is 0 Å². The lowest BCUT2D eigenvalue weighted by atomic mass is 9.80. The molecule has 3 rings (SSSR count). The molecule has 0 bridgehead atoms. The van der Waals surface area contributed by atoms with Crippen molar-refractivity contribution >= 4 is 45.0 Å². The summed E-state index contributed by atoms with van der Waals surface area (Å²) in [6, 6.07) is 9.73. The first-order valence-electron chi connectivity index (χ1n) is 10.8. The largest absolute Gasteiger partial charge is 0.395 e. The van der Waals surface area contributed by atoms with Gasteiger partial charge >= 0.3 is 0 Å². The summed E-state index contributed by atoms with van der Waals surface area (Å²) in [6.07, 6.45) is 6.29. The van der Waals surface area contributed by atoms with E-state index in [1.54, 1.807) is 0 Å². The first-order valence-corrected chi connectivity index (χ1v) is 13.0. The number of carbonyl (C=O) groups excluding carboxylic acids is 2. The highest BCUT2D eigenvalue weighted by atomic mass is 32.2. The number of rotatable bonds is 6. The molecule has 0 spiro atoms. The van der Waals surface area contributed by atoms with Crippen molar-refractivity contribution in [2.24, 2.45) is 0 Å². The number of hydrogen-bond acceptors (Lipinski definition) is 5. The van der Waals surface area contributed by atoms with Crippen molar-refractivity contribution in [2.45, 2.75) is 58.4 Å². The van der Waals surface area contributed by atoms with E-state index in [-0.39, 0.29) is 25.0 Å². The van der Waals surface area contributed by atoms with Crippen LogP contribution in [0.5, 0.6) is 0 Å². The van der Waals surface area contributed by atoms with E-state index >= 15 is 0 Å². The Bertz CT molecular complexity index is 736. The van der Waals surface area contributed by atoms with Crippen molar-refractivity contribution in [3.63, 3.8) is 0 Å². The second-order valence-electron chi connectivity index (χ2n) is 6.80. The third-order valence-electron chi connectivity index (χ3n) is 4.83. The Morgan fingerprint density at radius 2 is 1.80 bits per heavy atom. The molecule has 3 N–H and O–H groups in total. The number of thiophene rings is 1. The average Bonchev–Trinajstić information content (AvgIpc) is 3.24. The Morgan fingerprint density at radius 1 is 1.17 bits per heavy atom. The minimum Gasteiger partial charge on any atom is -0.395 e. The van der Waals surface area contributed by atoms with E-state index in [9.17, 15) is 9.59 Å². The van der Waals surface area contributed by atoms with Gasteiger partial charge in [0.15, 0.2) is 0 Å². The molecule has 5 nitrogen and oxygen atoms in total. The van der Waals surface area contributed by atoms with E-state index in [0.29, 0.717) is 17.7 Å². The lowest BCUT2D eigenvalue weighted by Gasteiger charge is -2.36. The molecule has 30 heavy (non-hydrogen) atoms. The zero-order valence-corrected chi connectivity index (χ0v) is 20.3. The summed E-state index contributed by atoms with van der Waals surface area (Å²) >= 11 is 3.29. The van der Waals surface area contributed by atoms with E-state index in [1.165, 1.54) is 17.1 Å². The second kappa shape index (κ2) is 14.4. The number of benzene rings is 1. The van der Waals surface area contributed by atoms with Crippen LogP contribution < -0.4 is 10.6 Å². The van der Waals surface area contributed by atoms with Gasteiger partial charge in [-0.2, -0.15) is 11.8 Å². The predicted molar refractivity (Wildman–Crippen MR) is 131 cm³/mol. The minimum absolute atomic E-state index is 0.105. The van der Waals surface area contributed by atoms with E-state index in [4.69, 9.17) is 5.11 Å². The van der Waals surface area contributed by atoms with Crippen molar-refractivity contribution in [1.82, 2.24) is 10.6 Å². The summed E-state index contributed by atoms with van der Waals surface area (Å²) in [5.41, 5.74) is -0.860. The fourth-order valence-electron chi connectivity index (χ4n) is 3.28. The van der Waals surface area contributed by atoms with Crippen LogP contribution in [-0.2, 0) is 4.79 Å². The zero-order valence-electron chi connectivity index (χ0n) is 18.6. The van der Waals surface area contributed by atoms with Crippen LogP contribution in [0, 0.1) is 0 Å². The normalized spacial score (nSPS) is 14.6. The molecule has 0 aliphatic heterocycles. The van der Waals surface area contributed by atoms with Crippen LogP contribution in [0.2, 0.25) is 0 Å². The van der Waals surface area contributed by atoms with E-state index in [2.05, 4.69) is 23.8 Å². The van der Waals surface area contributed by atoms with Crippen molar-refractivity contribution in [3.05, 3.63) is 35.2 Å². The zero-order chi connectivity index (χ0) is 22.4. The Hall–Kier alpha value is -1.57. The van der Waals surface area contributed by atoms with Crippen LogP contribution in [0.1, 0.15) is 62.5 Å². The molecule has 1 fully saturated rings. The Labute approximate surface area is 189 Å². The number of hydrogen-bond donors (Lipinski definition) is 3. The number of thioether (sulfide) groups is 1. The van der Waals surface area contributed by atoms with Crippen LogP contribution in [0.3, 0.4) is 0 Å². The maximum absolute atomic E-state index is 12.7. The molecule has 2 amide bonds. The van der Waals surface area contributed by atoms with Gasteiger partial charge in [-0.15, -0.1) is 11.3 Å². The minimum atomic E-state index is -0.860. The summed E-state index contributed by atoms with van der Waals surface area (Å²) in [6.45, 7) is 6.25. The molecule has 1 aliphatic carbocycles. The fourth-order valence-corrected chi connectivity index (χ4v) is 4.23. The molecule has 1 saturated carbocycles. The van der Waals surface area contributed by atoms with Crippen molar-refractivity contribution in [1.29, 1.82) is 0 Å². The molecule has 0 unspecified atom stereocenters. The topological polar surface area (TPSA) is 78.4 Å². The molecule has 1 heterocycles. The van der Waals surface area contributed by atoms with Gasteiger partial charge in [0.05, 0.1) is 11.5 Å². The van der Waals surface area contributed by atoms with Crippen molar-refractivity contribution < 1.29 is 14.7 Å². The molecule has 168 valence electrons. The first kappa shape index (κ1) is 26.5. The summed E-state index contributed by atoms with van der Waals surface area (Å²) in [5.74, 6) is 0.850. The summed E-state index contributed by atoms with van der Waals surface area (Å²) < 4.78 is 1.06. The van der Waals surface area contributed by atoms with Crippen LogP contribution in [0.15, 0.2) is 30.3 Å². The molecule has 1 aromatic carbocycles. The van der Waals surface area contributed by atoms with Gasteiger partial charge in [0.1, 0.15) is 5.54 Å². The molecule has 7 heteroatoms. The number of carbonyl (C=O) groups is 2. The van der Waals surface area contributed by atoms with Gasteiger partial charge in [-0.3, -0.25) is 9.59 Å². The Morgan fingerprint density at radius 3 is 2.37 bits per heavy atom. The first-order chi connectivity index (χ1) is 14.6. The molecule has 0 atom stereocenters. The maximum atomic E-state index is 12.7. The van der Waals surface area contributed by atoms with Gasteiger partial charge in [-0.1, -0.05) is 58.2 Å². The maximum Gasteiger partial charge on any atom is 0.262 e. The van der Waals surface area contributed by atoms with Gasteiger partial charge in [0, 0.05) is 11.2 Å². The lowest BCUT2D eigenvalue weighted by molar-refractivity contribution is -0.128. The lowest BCUT2D eigenvalue weighted by Crippen LogP contribution is -2.59. The summed E-state index contributed by atoms with van der Waals surface area (Å²) in [5, 5.41) is 15.7. The van der Waals surface area contributed by atoms with Gasteiger partial charge < -0.3 is 15.7 Å². The highest BCUT2D eigenvalue weighted by Gasteiger charge is 2.41. The van der Waals surface area contributed by atoms with E-state index in [1.807, 2.05) is 55.9 Å². The second-order valence-corrected chi connectivity index (χ2v) is 9.04. The molecule has 1 aromatic heterocycles. The number of fused-ring (bicyclic) bond motifs is 1. The van der Waals surface area contributed by atoms with Crippen molar-refractivity contribution in [2.75, 3.05) is 25.2 Å². The molecular formula is C23H36N2O3S2. The smallest absolute Gasteiger partial charge is 0.262 e. The van der Waals surface area contributed by atoms with Gasteiger partial charge in [0.25, 0.3) is 5.91 Å². The Kier molecular flexibility index (Phi) is 12.7. The predicted octanol–water partition coefficient (Wildman–Crippen LogP) is 4.84. The van der Waals surface area contributed by atoms with Crippen LogP contribution in [0.25, 0.3) is 10.1 Å². The van der Waals surface area contributed by atoms with E-state index in [0.717, 1.165) is 29.3 Å². The Balaban J connectivity index is 0.000000673. The number of nitrogens with one attached hydrogen (secondary N) is 2. The molecule has 1 aliphatic rings. The highest BCUT2D eigenvalue weighted by Crippen LogP contribution is 2.30. The fraction of sp³-hybridized carbons (Fsp3) is 0.565. The third-order valence-corrected chi connectivity index (χ3v) is 6.52. The standard InChI is InChI=1S/C18H22N2O3S.C3H8S.C2H6/c21-11-10-19-17(23)18(8-4-1-5-9-18)20-16(22)15-12-13-6-2-3-7-14(13)24-15;1-3-4-2;1-2/h2-3,6-7,12,21H,1,4-5,8-11H2,(H,19,23)(H,20,22);3H2,1-2H3;1-2H3. The van der Waals surface area contributed by atoms with Crippen LogP contribution >= 0.6 is 23.1 Å². The molecule has 0 saturated heterocycles. The number of aliphatic hydroxyl groups is 1. The summed E-state index contributed by atoms with van der Waals surface area (Å²) in [4.78, 5) is 25.9. The average molecular weight is 453 g/mol. The van der Waals surface area contributed by atoms with Gasteiger partial charge in [-0.25, -0.2) is 0 Å². The van der Waals surface area contributed by atoms with E-state index < -0.39 is 5.54 Å². The third kappa shape index (κ3) is 7.60. The number of amides is 2. The summed E-state index contributed by atoms with van der Waals surface area (Å²) in [7, 11) is 0.